The van der Waals surface area contributed by atoms with Crippen LogP contribution in [-0.4, -0.2) is 64.4 Å². The fourth-order valence-corrected chi connectivity index (χ4v) is 8.19. The molecule has 0 saturated heterocycles. The van der Waals surface area contributed by atoms with E-state index in [4.69, 9.17) is 9.16 Å². The van der Waals surface area contributed by atoms with Gasteiger partial charge >= 0.3 is 6.09 Å². The molecule has 2 aromatic rings. The van der Waals surface area contributed by atoms with E-state index in [-0.39, 0.29) is 6.61 Å². The number of hydrogen-bond acceptors (Lipinski definition) is 7. The van der Waals surface area contributed by atoms with Gasteiger partial charge in [0, 0.05) is 19.6 Å². The van der Waals surface area contributed by atoms with Gasteiger partial charge in [0.25, 0.3) is 0 Å². The topological polar surface area (TPSA) is 96.4 Å². The molecule has 224 valence electrons. The molecule has 0 aliphatic carbocycles. The zero-order valence-corrected chi connectivity index (χ0v) is 26.6. The van der Waals surface area contributed by atoms with Gasteiger partial charge in [0.1, 0.15) is 11.4 Å². The molecular weight excluding hydrogens is 551 g/mol. The third kappa shape index (κ3) is 9.66. The SMILES string of the molecule is CC[Si](CC)(CC)O[C@@H](CN(CCO)Cc1ccccc1)c1ccc(F)c(N(C(=O)OC(C)(C)C)S(C)(=O)=O)c1. The van der Waals surface area contributed by atoms with Crippen LogP contribution in [0, 0.1) is 5.82 Å². The van der Waals surface area contributed by atoms with Crippen molar-refractivity contribution >= 4 is 30.1 Å². The van der Waals surface area contributed by atoms with Crippen LogP contribution >= 0.6 is 0 Å². The molecule has 0 unspecified atom stereocenters. The minimum atomic E-state index is -4.23. The van der Waals surface area contributed by atoms with Crippen LogP contribution in [0.5, 0.6) is 0 Å². The highest BCUT2D eigenvalue weighted by atomic mass is 32.2. The summed E-state index contributed by atoms with van der Waals surface area (Å²) in [7, 11) is -6.43. The van der Waals surface area contributed by atoms with Crippen LogP contribution in [0.2, 0.25) is 18.1 Å². The summed E-state index contributed by atoms with van der Waals surface area (Å²) in [5, 5.41) is 9.82. The Labute approximate surface area is 240 Å². The molecule has 40 heavy (non-hydrogen) atoms. The highest BCUT2D eigenvalue weighted by molar-refractivity contribution is 7.92. The summed E-state index contributed by atoms with van der Waals surface area (Å²) in [4.78, 5) is 15.0. The standard InChI is InChI=1S/C29H45FN2O6SSi/c1-8-40(9-2,10-3)38-27(22-31(18-19-33)21-23-14-12-11-13-15-23)24-16-17-25(30)26(20-24)32(39(7,35)36)28(34)37-29(4,5)6/h11-17,20,27,33H,8-10,18-19,21-22H2,1-7H3/t27-/m0/s1. The fraction of sp³-hybridized carbons (Fsp3) is 0.552. The van der Waals surface area contributed by atoms with E-state index in [2.05, 4.69) is 25.7 Å². The Morgan fingerprint density at radius 3 is 2.15 bits per heavy atom. The maximum atomic E-state index is 15.2. The minimum Gasteiger partial charge on any atom is -0.443 e. The molecule has 11 heteroatoms. The zero-order valence-electron chi connectivity index (χ0n) is 24.8. The number of ether oxygens (including phenoxy) is 1. The number of rotatable bonds is 14. The van der Waals surface area contributed by atoms with Gasteiger partial charge in [-0.05, 0) is 62.2 Å². The second kappa shape index (κ2) is 14.5. The number of nitrogens with zero attached hydrogens (tertiary/aromatic N) is 2. The van der Waals surface area contributed by atoms with Gasteiger partial charge in [-0.15, -0.1) is 0 Å². The van der Waals surface area contributed by atoms with Crippen molar-refractivity contribution in [3.63, 3.8) is 0 Å². The van der Waals surface area contributed by atoms with Gasteiger partial charge in [0.05, 0.1) is 24.7 Å². The molecule has 0 radical (unpaired) electrons. The Balaban J connectivity index is 2.62. The second-order valence-corrected chi connectivity index (χ2v) is 17.6. The molecule has 0 saturated carbocycles. The number of hydrogen-bond donors (Lipinski definition) is 1. The lowest BCUT2D eigenvalue weighted by Crippen LogP contribution is -2.42. The largest absolute Gasteiger partial charge is 0.443 e. The van der Waals surface area contributed by atoms with Crippen molar-refractivity contribution in [1.29, 1.82) is 0 Å². The molecular formula is C29H45FN2O6SSi. The predicted molar refractivity (Wildman–Crippen MR) is 160 cm³/mol. The van der Waals surface area contributed by atoms with E-state index in [1.807, 2.05) is 30.3 Å². The molecule has 1 atom stereocenters. The molecule has 0 fully saturated rings. The van der Waals surface area contributed by atoms with Crippen molar-refractivity contribution in [2.45, 2.75) is 77.9 Å². The summed E-state index contributed by atoms with van der Waals surface area (Å²) in [5.74, 6) is -0.875. The van der Waals surface area contributed by atoms with Crippen LogP contribution in [0.1, 0.15) is 58.8 Å². The van der Waals surface area contributed by atoms with Crippen LogP contribution in [0.25, 0.3) is 0 Å². The smallest absolute Gasteiger partial charge is 0.428 e. The number of benzene rings is 2. The van der Waals surface area contributed by atoms with E-state index in [1.54, 1.807) is 26.8 Å². The Hall–Kier alpha value is -2.31. The number of anilines is 1. The molecule has 0 bridgehead atoms. The highest BCUT2D eigenvalue weighted by Crippen LogP contribution is 2.34. The van der Waals surface area contributed by atoms with E-state index in [9.17, 15) is 18.3 Å². The van der Waals surface area contributed by atoms with Gasteiger partial charge in [-0.3, -0.25) is 4.90 Å². The van der Waals surface area contributed by atoms with Crippen molar-refractivity contribution in [2.75, 3.05) is 30.3 Å². The van der Waals surface area contributed by atoms with E-state index >= 15 is 4.39 Å². The molecule has 0 spiro atoms. The molecule has 0 aliphatic heterocycles. The lowest BCUT2D eigenvalue weighted by Gasteiger charge is -2.36. The average Bonchev–Trinajstić information content (AvgIpc) is 2.87. The van der Waals surface area contributed by atoms with Crippen molar-refractivity contribution in [2.24, 2.45) is 0 Å². The van der Waals surface area contributed by atoms with Crippen molar-refractivity contribution in [1.82, 2.24) is 4.90 Å². The van der Waals surface area contributed by atoms with Crippen LogP contribution in [0.3, 0.4) is 0 Å². The van der Waals surface area contributed by atoms with Crippen molar-refractivity contribution in [3.8, 4) is 0 Å². The summed E-state index contributed by atoms with van der Waals surface area (Å²) in [6.07, 6.45) is -0.904. The van der Waals surface area contributed by atoms with Gasteiger partial charge in [0.2, 0.25) is 10.0 Å². The number of carbonyl (C=O) groups is 1. The normalized spacial score (nSPS) is 13.3. The molecule has 1 N–H and O–H groups in total. The second-order valence-electron chi connectivity index (χ2n) is 11.0. The molecule has 0 aromatic heterocycles. The molecule has 2 rings (SSSR count). The summed E-state index contributed by atoms with van der Waals surface area (Å²) >= 11 is 0. The Kier molecular flexibility index (Phi) is 12.3. The molecule has 2 aromatic carbocycles. The maximum absolute atomic E-state index is 15.2. The Morgan fingerprint density at radius 1 is 1.05 bits per heavy atom. The van der Waals surface area contributed by atoms with E-state index in [0.717, 1.165) is 36.0 Å². The van der Waals surface area contributed by atoms with Gasteiger partial charge in [-0.25, -0.2) is 17.6 Å². The van der Waals surface area contributed by atoms with Gasteiger partial charge in [-0.1, -0.05) is 57.2 Å². The van der Waals surface area contributed by atoms with Gasteiger partial charge in [0.15, 0.2) is 8.32 Å². The number of sulfonamides is 1. The first-order valence-electron chi connectivity index (χ1n) is 13.8. The highest BCUT2D eigenvalue weighted by Gasteiger charge is 2.36. The van der Waals surface area contributed by atoms with Crippen molar-refractivity contribution in [3.05, 3.63) is 65.5 Å². The Morgan fingerprint density at radius 2 is 1.65 bits per heavy atom. The maximum Gasteiger partial charge on any atom is 0.428 e. The quantitative estimate of drug-likeness (QED) is 0.264. The molecule has 8 nitrogen and oxygen atoms in total. The van der Waals surface area contributed by atoms with E-state index < -0.39 is 47.6 Å². The number of aliphatic hydroxyl groups is 1. The molecule has 1 amide bonds. The summed E-state index contributed by atoms with van der Waals surface area (Å²) in [6, 6.07) is 16.6. The summed E-state index contributed by atoms with van der Waals surface area (Å²) in [5.41, 5.74) is 0.192. The molecule has 0 heterocycles. The monoisotopic (exact) mass is 596 g/mol. The predicted octanol–water partition coefficient (Wildman–Crippen LogP) is 6.08. The molecule has 0 aliphatic rings. The number of aliphatic hydroxyl groups excluding tert-OH is 1. The number of carbonyl (C=O) groups excluding carboxylic acids is 1. The summed E-state index contributed by atoms with van der Waals surface area (Å²) < 4.78 is 53.3. The number of halogens is 1. The summed E-state index contributed by atoms with van der Waals surface area (Å²) in [6.45, 7) is 12.4. The fourth-order valence-electron chi connectivity index (χ4n) is 4.57. The first-order valence-corrected chi connectivity index (χ1v) is 18.1. The van der Waals surface area contributed by atoms with Crippen LogP contribution in [0.15, 0.2) is 48.5 Å². The number of amides is 1. The Bertz CT molecular complexity index is 1190. The van der Waals surface area contributed by atoms with Crippen LogP contribution in [-0.2, 0) is 25.7 Å². The van der Waals surface area contributed by atoms with E-state index in [0.29, 0.717) is 29.5 Å². The van der Waals surface area contributed by atoms with Gasteiger partial charge in [-0.2, -0.15) is 4.31 Å². The third-order valence-corrected chi connectivity index (χ3v) is 12.5. The first-order chi connectivity index (χ1) is 18.7. The third-order valence-electron chi connectivity index (χ3n) is 6.87. The van der Waals surface area contributed by atoms with Gasteiger partial charge < -0.3 is 14.3 Å². The zero-order chi connectivity index (χ0) is 30.1. The van der Waals surface area contributed by atoms with Crippen LogP contribution < -0.4 is 4.31 Å². The van der Waals surface area contributed by atoms with Crippen molar-refractivity contribution < 1.29 is 31.9 Å². The van der Waals surface area contributed by atoms with E-state index in [1.165, 1.54) is 6.07 Å². The van der Waals surface area contributed by atoms with Crippen LogP contribution in [0.4, 0.5) is 14.9 Å². The lowest BCUT2D eigenvalue weighted by molar-refractivity contribution is 0.0607. The average molecular weight is 597 g/mol. The minimum absolute atomic E-state index is 0.0629. The first kappa shape index (κ1) is 33.9. The lowest BCUT2D eigenvalue weighted by atomic mass is 10.1.